The quantitative estimate of drug-likeness (QED) is 0.681. The Balaban J connectivity index is 1.69. The minimum atomic E-state index is -1.01. The van der Waals surface area contributed by atoms with Crippen molar-refractivity contribution in [3.8, 4) is 0 Å². The second-order valence-corrected chi connectivity index (χ2v) is 7.98. The molecule has 29 heavy (non-hydrogen) atoms. The van der Waals surface area contributed by atoms with Crippen molar-refractivity contribution in [2.45, 2.75) is 31.5 Å². The van der Waals surface area contributed by atoms with E-state index in [0.717, 1.165) is 15.6 Å². The first kappa shape index (κ1) is 21.3. The van der Waals surface area contributed by atoms with E-state index < -0.39 is 11.6 Å². The number of aliphatic carboxylic acids is 1. The standard InChI is InChI=1S/C22H24BrNO5/c23-19-9-4-8-18(14-19)22(29-16-20(25)26)10-5-12-24(13-11-22)21(27)28-15-17-6-2-1-3-7-17/h1-4,6-9,14H,5,10-13,15-16H2,(H,25,26). The van der Waals surface area contributed by atoms with Gasteiger partial charge in [-0.15, -0.1) is 0 Å². The fourth-order valence-electron chi connectivity index (χ4n) is 3.59. The summed E-state index contributed by atoms with van der Waals surface area (Å²) >= 11 is 3.47. The Morgan fingerprint density at radius 1 is 1.07 bits per heavy atom. The minimum Gasteiger partial charge on any atom is -0.480 e. The van der Waals surface area contributed by atoms with E-state index in [9.17, 15) is 9.59 Å². The number of likely N-dealkylation sites (tertiary alicyclic amines) is 1. The van der Waals surface area contributed by atoms with Crippen molar-refractivity contribution in [1.29, 1.82) is 0 Å². The lowest BCUT2D eigenvalue weighted by atomic mass is 9.86. The van der Waals surface area contributed by atoms with Crippen LogP contribution in [0.4, 0.5) is 4.79 Å². The molecule has 1 aliphatic heterocycles. The zero-order valence-electron chi connectivity index (χ0n) is 16.1. The number of ether oxygens (including phenoxy) is 2. The van der Waals surface area contributed by atoms with Crippen molar-refractivity contribution in [1.82, 2.24) is 4.90 Å². The van der Waals surface area contributed by atoms with E-state index in [1.54, 1.807) is 4.90 Å². The van der Waals surface area contributed by atoms with Gasteiger partial charge in [0.2, 0.25) is 0 Å². The van der Waals surface area contributed by atoms with Gasteiger partial charge >= 0.3 is 12.1 Å². The maximum atomic E-state index is 12.6. The minimum absolute atomic E-state index is 0.225. The first-order chi connectivity index (χ1) is 14.0. The summed E-state index contributed by atoms with van der Waals surface area (Å²) in [6, 6.07) is 17.3. The first-order valence-electron chi connectivity index (χ1n) is 9.56. The Bertz CT molecular complexity index is 844. The summed E-state index contributed by atoms with van der Waals surface area (Å²) in [7, 11) is 0. The zero-order chi connectivity index (χ0) is 20.7. The molecule has 1 saturated heterocycles. The lowest BCUT2D eigenvalue weighted by molar-refractivity contribution is -0.151. The van der Waals surface area contributed by atoms with Gasteiger partial charge in [0, 0.05) is 17.6 Å². The lowest BCUT2D eigenvalue weighted by Crippen LogP contribution is -2.36. The predicted octanol–water partition coefficient (Wildman–Crippen LogP) is 4.57. The zero-order valence-corrected chi connectivity index (χ0v) is 17.6. The molecule has 1 fully saturated rings. The van der Waals surface area contributed by atoms with Crippen LogP contribution >= 0.6 is 15.9 Å². The Kier molecular flexibility index (Phi) is 7.28. The van der Waals surface area contributed by atoms with E-state index in [1.807, 2.05) is 54.6 Å². The molecular weight excluding hydrogens is 438 g/mol. The molecule has 1 N–H and O–H groups in total. The summed E-state index contributed by atoms with van der Waals surface area (Å²) in [5.74, 6) is -1.01. The van der Waals surface area contributed by atoms with Crippen molar-refractivity contribution in [2.24, 2.45) is 0 Å². The molecule has 0 saturated carbocycles. The maximum Gasteiger partial charge on any atom is 0.410 e. The fraction of sp³-hybridized carbons (Fsp3) is 0.364. The molecule has 7 heteroatoms. The highest BCUT2D eigenvalue weighted by Crippen LogP contribution is 2.38. The van der Waals surface area contributed by atoms with Crippen LogP contribution in [0.15, 0.2) is 59.1 Å². The second kappa shape index (κ2) is 9.89. The van der Waals surface area contributed by atoms with E-state index in [-0.39, 0.29) is 19.3 Å². The van der Waals surface area contributed by atoms with Gasteiger partial charge in [-0.25, -0.2) is 9.59 Å². The summed E-state index contributed by atoms with van der Waals surface area (Å²) in [5.41, 5.74) is 1.09. The molecular formula is C22H24BrNO5. The van der Waals surface area contributed by atoms with Crippen LogP contribution in [0.3, 0.4) is 0 Å². The number of carboxylic acid groups (broad SMARTS) is 1. The number of rotatable bonds is 6. The van der Waals surface area contributed by atoms with Crippen LogP contribution < -0.4 is 0 Å². The Hall–Kier alpha value is -2.38. The van der Waals surface area contributed by atoms with Crippen molar-refractivity contribution >= 4 is 28.0 Å². The van der Waals surface area contributed by atoms with Crippen LogP contribution in [-0.2, 0) is 26.5 Å². The van der Waals surface area contributed by atoms with Crippen LogP contribution in [0.25, 0.3) is 0 Å². The van der Waals surface area contributed by atoms with E-state index >= 15 is 0 Å². The summed E-state index contributed by atoms with van der Waals surface area (Å²) in [6.45, 7) is 0.812. The van der Waals surface area contributed by atoms with Gasteiger partial charge in [-0.05, 0) is 42.5 Å². The van der Waals surface area contributed by atoms with Gasteiger partial charge in [-0.3, -0.25) is 0 Å². The van der Waals surface area contributed by atoms with Crippen molar-refractivity contribution < 1.29 is 24.2 Å². The SMILES string of the molecule is O=C(O)COC1(c2cccc(Br)c2)CCCN(C(=O)OCc2ccccc2)CC1. The van der Waals surface area contributed by atoms with Crippen LogP contribution in [0, 0.1) is 0 Å². The number of benzene rings is 2. The molecule has 6 nitrogen and oxygen atoms in total. The molecule has 2 aromatic carbocycles. The number of carbonyl (C=O) groups excluding carboxylic acids is 1. The van der Waals surface area contributed by atoms with E-state index in [0.29, 0.717) is 32.4 Å². The number of halogens is 1. The monoisotopic (exact) mass is 461 g/mol. The van der Waals surface area contributed by atoms with Crippen molar-refractivity contribution in [3.05, 3.63) is 70.2 Å². The topological polar surface area (TPSA) is 76.1 Å². The third kappa shape index (κ3) is 5.81. The van der Waals surface area contributed by atoms with Gasteiger partial charge in [0.25, 0.3) is 0 Å². The summed E-state index contributed by atoms with van der Waals surface area (Å²) in [6.07, 6.45) is 1.44. The number of nitrogens with zero attached hydrogens (tertiary/aromatic N) is 1. The number of hydrogen-bond donors (Lipinski definition) is 1. The highest BCUT2D eigenvalue weighted by Gasteiger charge is 2.37. The normalized spacial score (nSPS) is 19.4. The van der Waals surface area contributed by atoms with Gasteiger partial charge in [0.15, 0.2) is 0 Å². The smallest absolute Gasteiger partial charge is 0.410 e. The van der Waals surface area contributed by atoms with Crippen LogP contribution in [0.5, 0.6) is 0 Å². The maximum absolute atomic E-state index is 12.6. The van der Waals surface area contributed by atoms with Crippen LogP contribution in [-0.4, -0.2) is 41.8 Å². The summed E-state index contributed by atoms with van der Waals surface area (Å²) in [5, 5.41) is 9.13. The fourth-order valence-corrected chi connectivity index (χ4v) is 3.99. The molecule has 0 aromatic heterocycles. The molecule has 2 aromatic rings. The largest absolute Gasteiger partial charge is 0.480 e. The van der Waals surface area contributed by atoms with Crippen molar-refractivity contribution in [3.63, 3.8) is 0 Å². The van der Waals surface area contributed by atoms with Crippen LogP contribution in [0.1, 0.15) is 30.4 Å². The molecule has 154 valence electrons. The molecule has 3 rings (SSSR count). The van der Waals surface area contributed by atoms with E-state index in [2.05, 4.69) is 15.9 Å². The van der Waals surface area contributed by atoms with Gasteiger partial charge in [0.1, 0.15) is 13.2 Å². The highest BCUT2D eigenvalue weighted by atomic mass is 79.9. The Labute approximate surface area is 178 Å². The lowest BCUT2D eigenvalue weighted by Gasteiger charge is -2.33. The summed E-state index contributed by atoms with van der Waals surface area (Å²) in [4.78, 5) is 25.4. The van der Waals surface area contributed by atoms with E-state index in [1.165, 1.54) is 0 Å². The van der Waals surface area contributed by atoms with Gasteiger partial charge in [0.05, 0.1) is 5.60 Å². The van der Waals surface area contributed by atoms with Gasteiger partial charge in [-0.1, -0.05) is 58.4 Å². The third-order valence-electron chi connectivity index (χ3n) is 5.08. The Morgan fingerprint density at radius 2 is 1.86 bits per heavy atom. The van der Waals surface area contributed by atoms with Gasteiger partial charge < -0.3 is 19.5 Å². The number of amides is 1. The molecule has 1 amide bonds. The summed E-state index contributed by atoms with van der Waals surface area (Å²) < 4.78 is 12.3. The molecule has 1 unspecified atom stereocenters. The number of carboxylic acids is 1. The molecule has 0 aliphatic carbocycles. The molecule has 1 heterocycles. The van der Waals surface area contributed by atoms with Crippen molar-refractivity contribution in [2.75, 3.05) is 19.7 Å². The average molecular weight is 462 g/mol. The molecule has 1 aliphatic rings. The van der Waals surface area contributed by atoms with Crippen LogP contribution in [0.2, 0.25) is 0 Å². The van der Waals surface area contributed by atoms with Gasteiger partial charge in [-0.2, -0.15) is 0 Å². The molecule has 0 spiro atoms. The average Bonchev–Trinajstić information content (AvgIpc) is 2.95. The molecule has 0 radical (unpaired) electrons. The predicted molar refractivity (Wildman–Crippen MR) is 111 cm³/mol. The first-order valence-corrected chi connectivity index (χ1v) is 10.4. The van der Waals surface area contributed by atoms with E-state index in [4.69, 9.17) is 14.6 Å². The highest BCUT2D eigenvalue weighted by molar-refractivity contribution is 9.10. The number of carbonyl (C=O) groups is 2. The third-order valence-corrected chi connectivity index (χ3v) is 5.57. The number of hydrogen-bond acceptors (Lipinski definition) is 4. The Morgan fingerprint density at radius 3 is 2.59 bits per heavy atom. The second-order valence-electron chi connectivity index (χ2n) is 7.07. The molecule has 1 atom stereocenters. The molecule has 0 bridgehead atoms.